The van der Waals surface area contributed by atoms with Gasteiger partial charge in [0.1, 0.15) is 25.3 Å². The maximum Gasteiger partial charge on any atom is 0.293 e. The van der Waals surface area contributed by atoms with E-state index in [2.05, 4.69) is 9.47 Å². The third-order valence-electron chi connectivity index (χ3n) is 1.62. The van der Waals surface area contributed by atoms with E-state index in [4.69, 9.17) is 0 Å². The highest BCUT2D eigenvalue weighted by atomic mass is 19.4. The van der Waals surface area contributed by atoms with E-state index in [1.165, 1.54) is 0 Å². The van der Waals surface area contributed by atoms with Crippen molar-refractivity contribution in [2.45, 2.75) is 12.1 Å². The Labute approximate surface area is 87.0 Å². The second-order valence-electron chi connectivity index (χ2n) is 2.51. The van der Waals surface area contributed by atoms with Gasteiger partial charge in [-0.05, 0) is 0 Å². The minimum absolute atomic E-state index is 0.158. The molecule has 0 aromatic rings. The summed E-state index contributed by atoms with van der Waals surface area (Å²) in [5.41, 5.74) is 0. The average Bonchev–Trinajstić information content (AvgIpc) is 2.21. The molecule has 0 aliphatic rings. The van der Waals surface area contributed by atoms with Crippen LogP contribution >= 0.6 is 0 Å². The van der Waals surface area contributed by atoms with Crippen LogP contribution in [0.3, 0.4) is 0 Å². The van der Waals surface area contributed by atoms with Crippen LogP contribution in [0.15, 0.2) is 0 Å². The van der Waals surface area contributed by atoms with Gasteiger partial charge in [0.05, 0.1) is 0 Å². The first-order valence-corrected chi connectivity index (χ1v) is 3.86. The van der Waals surface area contributed by atoms with Crippen molar-refractivity contribution in [2.24, 2.45) is 0 Å². The number of halogens is 4. The fraction of sp³-hybridized carbons (Fsp3) is 0.667. The number of nitrogens with zero attached hydrogens (tertiary/aromatic N) is 2. The standard InChI is InChI=1S/C6H8F4N2O4/c7-11(8)5(1-15-3-13)6(12(9)10)2-16-4-14/h3-6H,1-2H2. The first kappa shape index (κ1) is 14.6. The van der Waals surface area contributed by atoms with E-state index < -0.39 is 36.0 Å². The normalized spacial score (nSPS) is 14.6. The lowest BCUT2D eigenvalue weighted by atomic mass is 10.1. The highest BCUT2D eigenvalue weighted by Gasteiger charge is 2.36. The molecule has 6 nitrogen and oxygen atoms in total. The van der Waals surface area contributed by atoms with Crippen molar-refractivity contribution in [2.75, 3.05) is 13.2 Å². The van der Waals surface area contributed by atoms with Gasteiger partial charge in [0.15, 0.2) is 0 Å². The van der Waals surface area contributed by atoms with Gasteiger partial charge in [0.2, 0.25) is 0 Å². The lowest BCUT2D eigenvalue weighted by Gasteiger charge is -2.24. The highest BCUT2D eigenvalue weighted by Crippen LogP contribution is 2.14. The minimum atomic E-state index is -2.11. The predicted molar refractivity (Wildman–Crippen MR) is 39.7 cm³/mol. The predicted octanol–water partition coefficient (Wildman–Crippen LogP) is 0.212. The Kier molecular flexibility index (Phi) is 7.12. The second kappa shape index (κ2) is 7.82. The molecule has 0 radical (unpaired) electrons. The van der Waals surface area contributed by atoms with E-state index in [-0.39, 0.29) is 12.9 Å². The molecule has 2 atom stereocenters. The number of rotatable bonds is 9. The summed E-state index contributed by atoms with van der Waals surface area (Å²) in [5, 5.41) is -3.09. The lowest BCUT2D eigenvalue weighted by molar-refractivity contribution is -0.269. The van der Waals surface area contributed by atoms with Crippen LogP contribution in [0.4, 0.5) is 17.9 Å². The molecule has 0 spiro atoms. The molecule has 0 bridgehead atoms. The SMILES string of the molecule is O=COCC(C(COC=O)N(F)F)N(F)F. The zero-order chi connectivity index (χ0) is 12.6. The monoisotopic (exact) mass is 248 g/mol. The van der Waals surface area contributed by atoms with E-state index in [0.717, 1.165) is 0 Å². The van der Waals surface area contributed by atoms with Crippen LogP contribution in [-0.4, -0.2) is 48.9 Å². The van der Waals surface area contributed by atoms with Crippen LogP contribution in [0.2, 0.25) is 0 Å². The molecule has 0 aliphatic heterocycles. The Morgan fingerprint density at radius 2 is 1.19 bits per heavy atom. The first-order chi connectivity index (χ1) is 7.54. The fourth-order valence-electron chi connectivity index (χ4n) is 0.871. The van der Waals surface area contributed by atoms with Crippen molar-refractivity contribution in [3.8, 4) is 0 Å². The van der Waals surface area contributed by atoms with Crippen LogP contribution in [0.25, 0.3) is 0 Å². The van der Waals surface area contributed by atoms with Crippen molar-refractivity contribution in [3.05, 3.63) is 0 Å². The van der Waals surface area contributed by atoms with Crippen LogP contribution in [-0.2, 0) is 19.1 Å². The molecule has 0 rings (SSSR count). The van der Waals surface area contributed by atoms with Gasteiger partial charge in [0, 0.05) is 10.7 Å². The lowest BCUT2D eigenvalue weighted by Crippen LogP contribution is -2.47. The molecular weight excluding hydrogens is 240 g/mol. The molecule has 0 fully saturated rings. The van der Waals surface area contributed by atoms with Crippen LogP contribution in [0.1, 0.15) is 0 Å². The Morgan fingerprint density at radius 1 is 0.875 bits per heavy atom. The van der Waals surface area contributed by atoms with E-state index in [1.54, 1.807) is 0 Å². The van der Waals surface area contributed by atoms with Gasteiger partial charge >= 0.3 is 0 Å². The number of ether oxygens (including phenoxy) is 2. The van der Waals surface area contributed by atoms with E-state index in [0.29, 0.717) is 0 Å². The zero-order valence-corrected chi connectivity index (χ0v) is 7.76. The van der Waals surface area contributed by atoms with Crippen molar-refractivity contribution < 1.29 is 37.0 Å². The van der Waals surface area contributed by atoms with Crippen molar-refractivity contribution in [1.82, 2.24) is 10.7 Å². The highest BCUT2D eigenvalue weighted by molar-refractivity contribution is 5.37. The summed E-state index contributed by atoms with van der Waals surface area (Å²) in [6.07, 6.45) is 0. The molecule has 0 aromatic carbocycles. The maximum atomic E-state index is 12.2. The van der Waals surface area contributed by atoms with Gasteiger partial charge in [-0.1, -0.05) is 0 Å². The Hall–Kier alpha value is -1.42. The van der Waals surface area contributed by atoms with Crippen molar-refractivity contribution in [3.63, 3.8) is 0 Å². The molecule has 10 heteroatoms. The van der Waals surface area contributed by atoms with Gasteiger partial charge in [-0.2, -0.15) is 0 Å². The topological polar surface area (TPSA) is 59.1 Å². The molecule has 0 aromatic heterocycles. The molecule has 0 amide bonds. The third-order valence-corrected chi connectivity index (χ3v) is 1.62. The third kappa shape index (κ3) is 4.89. The van der Waals surface area contributed by atoms with Gasteiger partial charge < -0.3 is 9.47 Å². The largest absolute Gasteiger partial charge is 0.466 e. The Morgan fingerprint density at radius 3 is 1.38 bits per heavy atom. The maximum absolute atomic E-state index is 12.2. The molecule has 0 N–H and O–H groups in total. The number of hydrogen-bond acceptors (Lipinski definition) is 6. The summed E-state index contributed by atoms with van der Waals surface area (Å²) < 4.78 is 56.7. The molecule has 0 saturated carbocycles. The molecule has 0 aliphatic carbocycles. The first-order valence-electron chi connectivity index (χ1n) is 3.86. The quantitative estimate of drug-likeness (QED) is 0.330. The van der Waals surface area contributed by atoms with Gasteiger partial charge in [-0.25, -0.2) is 0 Å². The summed E-state index contributed by atoms with van der Waals surface area (Å²) in [6.45, 7) is -2.24. The summed E-state index contributed by atoms with van der Waals surface area (Å²) in [5.74, 6) is 0. The van der Waals surface area contributed by atoms with E-state index >= 15 is 0 Å². The van der Waals surface area contributed by atoms with Gasteiger partial charge in [-0.15, -0.1) is 17.9 Å². The Balaban J connectivity index is 4.50. The molecule has 94 valence electrons. The number of hydrogen-bond donors (Lipinski definition) is 0. The van der Waals surface area contributed by atoms with Gasteiger partial charge in [0.25, 0.3) is 12.9 Å². The van der Waals surface area contributed by atoms with Crippen LogP contribution < -0.4 is 0 Å². The average molecular weight is 248 g/mol. The zero-order valence-electron chi connectivity index (χ0n) is 7.76. The van der Waals surface area contributed by atoms with Crippen LogP contribution in [0.5, 0.6) is 0 Å². The molecule has 0 heterocycles. The van der Waals surface area contributed by atoms with Crippen molar-refractivity contribution in [1.29, 1.82) is 0 Å². The summed E-state index contributed by atoms with van der Waals surface area (Å²) in [7, 11) is 0. The number of carbonyl (C=O) groups is 2. The van der Waals surface area contributed by atoms with E-state index in [1.807, 2.05) is 0 Å². The second-order valence-corrected chi connectivity index (χ2v) is 2.51. The number of carbonyl (C=O) groups excluding carboxylic acids is 2. The fourth-order valence-corrected chi connectivity index (χ4v) is 0.871. The summed E-state index contributed by atoms with van der Waals surface area (Å²) in [4.78, 5) is 19.5. The molecule has 0 saturated heterocycles. The van der Waals surface area contributed by atoms with E-state index in [9.17, 15) is 27.5 Å². The molecule has 2 unspecified atom stereocenters. The minimum Gasteiger partial charge on any atom is -0.466 e. The summed E-state index contributed by atoms with van der Waals surface area (Å²) in [6, 6.07) is -4.22. The Bertz CT molecular complexity index is 197. The summed E-state index contributed by atoms with van der Waals surface area (Å²) >= 11 is 0. The van der Waals surface area contributed by atoms with Crippen LogP contribution in [0, 0.1) is 0 Å². The smallest absolute Gasteiger partial charge is 0.293 e. The van der Waals surface area contributed by atoms with Gasteiger partial charge in [-0.3, -0.25) is 9.59 Å². The van der Waals surface area contributed by atoms with Crippen molar-refractivity contribution >= 4 is 12.9 Å². The molecular formula is C6H8F4N2O4. The molecule has 16 heavy (non-hydrogen) atoms.